The van der Waals surface area contributed by atoms with Crippen LogP contribution in [0.5, 0.6) is 0 Å². The minimum absolute atomic E-state index is 0.00475. The van der Waals surface area contributed by atoms with Crippen molar-refractivity contribution < 1.29 is 42.4 Å². The zero-order valence-corrected chi connectivity index (χ0v) is 12.8. The van der Waals surface area contributed by atoms with Crippen LogP contribution in [0, 0.1) is 0 Å². The number of rotatable bonds is 6. The molecule has 0 aromatic carbocycles. The quantitative estimate of drug-likeness (QED) is 0.103. The van der Waals surface area contributed by atoms with Crippen LogP contribution in [-0.2, 0) is 19.4 Å². The number of hydrogen-bond donors (Lipinski definition) is 4. The number of ether oxygens (including phenoxy) is 1. The monoisotopic (exact) mass is 358 g/mol. The Morgan fingerprint density at radius 1 is 1.36 bits per heavy atom. The summed E-state index contributed by atoms with van der Waals surface area (Å²) in [6.45, 7) is 2.80. The molecule has 1 rings (SSSR count). The number of oxime groups is 1. The summed E-state index contributed by atoms with van der Waals surface area (Å²) < 4.78 is 40.1. The van der Waals surface area contributed by atoms with Crippen molar-refractivity contribution in [2.75, 3.05) is 6.61 Å². The summed E-state index contributed by atoms with van der Waals surface area (Å²) >= 11 is 0.660. The molecule has 1 saturated heterocycles. The summed E-state index contributed by atoms with van der Waals surface area (Å²) in [6.07, 6.45) is -4.44. The van der Waals surface area contributed by atoms with Crippen LogP contribution in [0.1, 0.15) is 6.42 Å². The van der Waals surface area contributed by atoms with Crippen molar-refractivity contribution in [2.24, 2.45) is 5.16 Å². The maximum atomic E-state index is 10.4. The number of aliphatic hydroxyl groups excluding tert-OH is 4. The molecule has 5 atom stereocenters. The lowest BCUT2D eigenvalue weighted by Gasteiger charge is -2.39. The van der Waals surface area contributed by atoms with Gasteiger partial charge in [-0.3, -0.25) is 4.28 Å². The molecular formula is C10H16NO9S2-. The molecule has 1 aliphatic rings. The largest absolute Gasteiger partial charge is 0.714 e. The fourth-order valence-electron chi connectivity index (χ4n) is 1.62. The number of hydrogen-bond acceptors (Lipinski definition) is 11. The summed E-state index contributed by atoms with van der Waals surface area (Å²) in [4.78, 5) is 0. The van der Waals surface area contributed by atoms with Crippen molar-refractivity contribution in [2.45, 2.75) is 36.3 Å². The Hall–Kier alpha value is -0.730. The first-order valence-electron chi connectivity index (χ1n) is 5.99. The Balaban J connectivity index is 2.85. The van der Waals surface area contributed by atoms with Gasteiger partial charge in [0.25, 0.3) is 10.4 Å². The molecule has 0 unspecified atom stereocenters. The smallest absolute Gasteiger partial charge is 0.284 e. The average Bonchev–Trinajstić information content (AvgIpc) is 2.44. The molecule has 1 heterocycles. The highest BCUT2D eigenvalue weighted by Gasteiger charge is 2.44. The highest BCUT2D eigenvalue weighted by Crippen LogP contribution is 2.30. The molecule has 22 heavy (non-hydrogen) atoms. The van der Waals surface area contributed by atoms with Gasteiger partial charge in [0, 0.05) is 6.42 Å². The summed E-state index contributed by atoms with van der Waals surface area (Å²) in [5.41, 5.74) is -1.17. The maximum Gasteiger partial charge on any atom is 0.284 e. The lowest BCUT2D eigenvalue weighted by atomic mass is 10.0. The third-order valence-corrected chi connectivity index (χ3v) is 4.04. The summed E-state index contributed by atoms with van der Waals surface area (Å²) in [6, 6.07) is 0. The second-order valence-corrected chi connectivity index (χ2v) is 6.41. The molecule has 0 saturated carbocycles. The molecule has 4 N–H and O–H groups in total. The van der Waals surface area contributed by atoms with Crippen LogP contribution in [0.25, 0.3) is 0 Å². The van der Waals surface area contributed by atoms with Crippen LogP contribution in [0.3, 0.4) is 0 Å². The molecular weight excluding hydrogens is 342 g/mol. The molecule has 128 valence electrons. The first-order valence-corrected chi connectivity index (χ1v) is 8.20. The molecule has 10 nitrogen and oxygen atoms in total. The maximum absolute atomic E-state index is 10.4. The van der Waals surface area contributed by atoms with Gasteiger partial charge in [-0.1, -0.05) is 23.0 Å². The molecule has 0 aromatic rings. The van der Waals surface area contributed by atoms with Crippen molar-refractivity contribution in [1.29, 1.82) is 0 Å². The van der Waals surface area contributed by atoms with Crippen molar-refractivity contribution in [3.8, 4) is 0 Å². The Labute approximate surface area is 131 Å². The number of nitrogens with zero attached hydrogens (tertiary/aromatic N) is 1. The highest BCUT2D eigenvalue weighted by atomic mass is 32.3. The van der Waals surface area contributed by atoms with E-state index in [1.807, 2.05) is 0 Å². The second kappa shape index (κ2) is 8.21. The lowest BCUT2D eigenvalue weighted by Crippen LogP contribution is -2.57. The molecule has 1 aliphatic heterocycles. The predicted octanol–water partition coefficient (Wildman–Crippen LogP) is -2.11. The van der Waals surface area contributed by atoms with Gasteiger partial charge in [0.1, 0.15) is 34.9 Å². The normalized spacial score (nSPS) is 33.5. The van der Waals surface area contributed by atoms with Crippen LogP contribution >= 0.6 is 11.8 Å². The van der Waals surface area contributed by atoms with Gasteiger partial charge >= 0.3 is 0 Å². The minimum atomic E-state index is -5.04. The van der Waals surface area contributed by atoms with Crippen LogP contribution in [0.15, 0.2) is 17.8 Å². The highest BCUT2D eigenvalue weighted by molar-refractivity contribution is 8.14. The van der Waals surface area contributed by atoms with E-state index in [4.69, 9.17) is 9.84 Å². The van der Waals surface area contributed by atoms with Crippen LogP contribution in [0.4, 0.5) is 0 Å². The van der Waals surface area contributed by atoms with E-state index in [1.165, 1.54) is 6.08 Å². The van der Waals surface area contributed by atoms with E-state index in [1.54, 1.807) is 0 Å². The van der Waals surface area contributed by atoms with Gasteiger partial charge in [0.15, 0.2) is 0 Å². The second-order valence-electron chi connectivity index (χ2n) is 4.28. The SMILES string of the molecule is C=CC/C(=N\OS(=O)(=O)[O-])S[C@@H]1O[C@H](CO)[C@@H](O)[C@H](O)[C@H]1O. The fraction of sp³-hybridized carbons (Fsp3) is 0.700. The number of aliphatic hydroxyl groups is 4. The molecule has 0 aliphatic carbocycles. The van der Waals surface area contributed by atoms with Gasteiger partial charge in [-0.2, -0.15) is 8.42 Å². The molecule has 12 heteroatoms. The topological polar surface area (TPSA) is 169 Å². The number of allylic oxidation sites excluding steroid dienone is 1. The standard InChI is InChI=1S/C10H17NO9S2/c1-2-3-6(11-20-22(16,17)18)21-10-9(15)8(14)7(13)5(4-12)19-10/h2,5,7-10,12-15H,1,3-4H2,(H,16,17,18)/p-1/b11-6+/t5-,7-,8+,9-,10+/m1/s1. The minimum Gasteiger partial charge on any atom is -0.714 e. The van der Waals surface area contributed by atoms with E-state index in [2.05, 4.69) is 16.0 Å². The summed E-state index contributed by atoms with van der Waals surface area (Å²) in [7, 11) is -5.04. The van der Waals surface area contributed by atoms with Crippen LogP contribution in [-0.4, -0.2) is 74.9 Å². The molecule has 0 spiro atoms. The van der Waals surface area contributed by atoms with E-state index < -0.39 is 46.9 Å². The third kappa shape index (κ3) is 5.48. The Bertz CT molecular complexity index is 507. The van der Waals surface area contributed by atoms with Gasteiger partial charge in [-0.05, 0) is 0 Å². The van der Waals surface area contributed by atoms with E-state index in [0.29, 0.717) is 11.8 Å². The van der Waals surface area contributed by atoms with Gasteiger partial charge in [0.2, 0.25) is 0 Å². The number of thioether (sulfide) groups is 1. The fourth-order valence-corrected chi connectivity index (χ4v) is 2.91. The predicted molar refractivity (Wildman–Crippen MR) is 74.4 cm³/mol. The van der Waals surface area contributed by atoms with Gasteiger partial charge in [0.05, 0.1) is 6.61 Å². The van der Waals surface area contributed by atoms with Crippen molar-refractivity contribution in [1.82, 2.24) is 0 Å². The van der Waals surface area contributed by atoms with E-state index in [0.717, 1.165) is 0 Å². The summed E-state index contributed by atoms with van der Waals surface area (Å²) in [5, 5.41) is 41.2. The van der Waals surface area contributed by atoms with Gasteiger partial charge in [-0.25, -0.2) is 0 Å². The van der Waals surface area contributed by atoms with Gasteiger partial charge in [-0.15, -0.1) is 6.58 Å². The summed E-state index contributed by atoms with van der Waals surface area (Å²) in [5.74, 6) is 0. The van der Waals surface area contributed by atoms with E-state index in [9.17, 15) is 28.3 Å². The van der Waals surface area contributed by atoms with E-state index >= 15 is 0 Å². The molecule has 0 aromatic heterocycles. The molecule has 0 amide bonds. The van der Waals surface area contributed by atoms with Crippen molar-refractivity contribution in [3.05, 3.63) is 12.7 Å². The molecule has 0 bridgehead atoms. The molecule has 1 fully saturated rings. The first-order chi connectivity index (χ1) is 10.2. The van der Waals surface area contributed by atoms with E-state index in [-0.39, 0.29) is 11.5 Å². The van der Waals surface area contributed by atoms with Gasteiger partial charge < -0.3 is 29.7 Å². The Kier molecular flexibility index (Phi) is 7.21. The average molecular weight is 358 g/mol. The lowest BCUT2D eigenvalue weighted by molar-refractivity contribution is -0.205. The Morgan fingerprint density at radius 3 is 2.50 bits per heavy atom. The van der Waals surface area contributed by atoms with Crippen LogP contribution in [0.2, 0.25) is 0 Å². The molecule has 0 radical (unpaired) electrons. The third-order valence-electron chi connectivity index (χ3n) is 2.65. The van der Waals surface area contributed by atoms with Crippen molar-refractivity contribution in [3.63, 3.8) is 0 Å². The first kappa shape index (κ1) is 19.3. The van der Waals surface area contributed by atoms with Crippen LogP contribution < -0.4 is 0 Å². The zero-order valence-electron chi connectivity index (χ0n) is 11.2. The zero-order chi connectivity index (χ0) is 16.9. The van der Waals surface area contributed by atoms with Crippen molar-refractivity contribution >= 4 is 27.2 Å². The Morgan fingerprint density at radius 2 is 2.00 bits per heavy atom.